The van der Waals surface area contributed by atoms with Gasteiger partial charge in [-0.05, 0) is 37.1 Å². The van der Waals surface area contributed by atoms with Crippen LogP contribution in [0.1, 0.15) is 23.2 Å². The fourth-order valence-corrected chi connectivity index (χ4v) is 1.97. The highest BCUT2D eigenvalue weighted by molar-refractivity contribution is 5.98. The first-order chi connectivity index (χ1) is 8.09. The maximum Gasteiger partial charge on any atom is 0.248 e. The lowest BCUT2D eigenvalue weighted by Crippen LogP contribution is -2.48. The van der Waals surface area contributed by atoms with Gasteiger partial charge in [-0.15, -0.1) is 0 Å². The highest BCUT2D eigenvalue weighted by atomic mass is 16.2. The number of benzene rings is 1. The quantitative estimate of drug-likeness (QED) is 0.766. The fourth-order valence-electron chi connectivity index (χ4n) is 1.97. The second-order valence-corrected chi connectivity index (χ2v) is 4.15. The van der Waals surface area contributed by atoms with Gasteiger partial charge in [0.05, 0.1) is 6.04 Å². The predicted octanol–water partition coefficient (Wildman–Crippen LogP) is 0.240. The Kier molecular flexibility index (Phi) is 3.10. The van der Waals surface area contributed by atoms with Crippen LogP contribution in [0.25, 0.3) is 0 Å². The maximum absolute atomic E-state index is 11.9. The van der Waals surface area contributed by atoms with Gasteiger partial charge in [-0.1, -0.05) is 0 Å². The Morgan fingerprint density at radius 1 is 1.29 bits per heavy atom. The molecule has 1 aromatic carbocycles. The number of carbonyl (C=O) groups is 2. The van der Waals surface area contributed by atoms with Crippen LogP contribution in [0, 0.1) is 0 Å². The number of rotatable bonds is 2. The molecule has 0 aromatic heterocycles. The first kappa shape index (κ1) is 11.6. The number of hydrogen-bond acceptors (Lipinski definition) is 3. The van der Waals surface area contributed by atoms with E-state index in [2.05, 4.69) is 0 Å². The van der Waals surface area contributed by atoms with Crippen LogP contribution in [0.15, 0.2) is 24.3 Å². The summed E-state index contributed by atoms with van der Waals surface area (Å²) in [6.07, 6.45) is 1.62. The van der Waals surface area contributed by atoms with E-state index in [9.17, 15) is 9.59 Å². The average molecular weight is 233 g/mol. The Labute approximate surface area is 99.4 Å². The van der Waals surface area contributed by atoms with Gasteiger partial charge < -0.3 is 16.4 Å². The molecule has 0 radical (unpaired) electrons. The monoisotopic (exact) mass is 233 g/mol. The summed E-state index contributed by atoms with van der Waals surface area (Å²) >= 11 is 0. The van der Waals surface area contributed by atoms with Crippen molar-refractivity contribution in [3.05, 3.63) is 29.8 Å². The molecule has 1 aromatic rings. The minimum absolute atomic E-state index is 0.0666. The molecule has 0 spiro atoms. The van der Waals surface area contributed by atoms with E-state index >= 15 is 0 Å². The summed E-state index contributed by atoms with van der Waals surface area (Å²) in [7, 11) is 0. The van der Waals surface area contributed by atoms with Gasteiger partial charge in [0.25, 0.3) is 0 Å². The SMILES string of the molecule is NC(=O)c1ccc(N2CCCC(N)C2=O)cc1. The third-order valence-corrected chi connectivity index (χ3v) is 2.94. The summed E-state index contributed by atoms with van der Waals surface area (Å²) in [4.78, 5) is 24.4. The van der Waals surface area contributed by atoms with Crippen LogP contribution in [-0.2, 0) is 4.79 Å². The lowest BCUT2D eigenvalue weighted by Gasteiger charge is -2.30. The zero-order valence-corrected chi connectivity index (χ0v) is 9.43. The minimum atomic E-state index is -0.474. The topological polar surface area (TPSA) is 89.4 Å². The molecule has 0 aliphatic carbocycles. The van der Waals surface area contributed by atoms with Crippen molar-refractivity contribution in [3.63, 3.8) is 0 Å². The molecule has 1 saturated heterocycles. The molecule has 1 unspecified atom stereocenters. The molecule has 17 heavy (non-hydrogen) atoms. The van der Waals surface area contributed by atoms with Crippen molar-refractivity contribution < 1.29 is 9.59 Å². The van der Waals surface area contributed by atoms with Gasteiger partial charge in [-0.25, -0.2) is 0 Å². The molecular weight excluding hydrogens is 218 g/mol. The van der Waals surface area contributed by atoms with Crippen LogP contribution >= 0.6 is 0 Å². The van der Waals surface area contributed by atoms with Crippen LogP contribution in [0.2, 0.25) is 0 Å². The van der Waals surface area contributed by atoms with E-state index in [1.54, 1.807) is 29.2 Å². The van der Waals surface area contributed by atoms with Gasteiger partial charge in [0.2, 0.25) is 11.8 Å². The summed E-state index contributed by atoms with van der Waals surface area (Å²) in [5, 5.41) is 0. The lowest BCUT2D eigenvalue weighted by atomic mass is 10.0. The highest BCUT2D eigenvalue weighted by Crippen LogP contribution is 2.20. The molecule has 5 nitrogen and oxygen atoms in total. The number of nitrogens with zero attached hydrogens (tertiary/aromatic N) is 1. The van der Waals surface area contributed by atoms with Crippen molar-refractivity contribution in [2.24, 2.45) is 11.5 Å². The molecule has 0 bridgehead atoms. The van der Waals surface area contributed by atoms with Gasteiger partial charge in [0.15, 0.2) is 0 Å². The predicted molar refractivity (Wildman–Crippen MR) is 64.5 cm³/mol. The molecule has 1 heterocycles. The fraction of sp³-hybridized carbons (Fsp3) is 0.333. The number of hydrogen-bond donors (Lipinski definition) is 2. The number of piperidine rings is 1. The smallest absolute Gasteiger partial charge is 0.248 e. The third-order valence-electron chi connectivity index (χ3n) is 2.94. The Bertz CT molecular complexity index is 442. The molecule has 2 rings (SSSR count). The molecule has 0 saturated carbocycles. The zero-order valence-electron chi connectivity index (χ0n) is 9.43. The molecule has 1 atom stereocenters. The standard InChI is InChI=1S/C12H15N3O2/c13-10-2-1-7-15(12(10)17)9-5-3-8(4-6-9)11(14)16/h3-6,10H,1-2,7,13H2,(H2,14,16). The molecule has 1 aliphatic heterocycles. The Balaban J connectivity index is 2.22. The van der Waals surface area contributed by atoms with Gasteiger partial charge in [-0.2, -0.15) is 0 Å². The number of anilines is 1. The molecule has 1 aliphatic rings. The largest absolute Gasteiger partial charge is 0.366 e. The summed E-state index contributed by atoms with van der Waals surface area (Å²) in [5.41, 5.74) is 12.1. The molecular formula is C12H15N3O2. The first-order valence-electron chi connectivity index (χ1n) is 5.56. The van der Waals surface area contributed by atoms with E-state index in [1.165, 1.54) is 0 Å². The van der Waals surface area contributed by atoms with E-state index in [1.807, 2.05) is 0 Å². The second-order valence-electron chi connectivity index (χ2n) is 4.15. The Morgan fingerprint density at radius 2 is 1.94 bits per heavy atom. The van der Waals surface area contributed by atoms with E-state index in [0.717, 1.165) is 18.5 Å². The Morgan fingerprint density at radius 3 is 2.53 bits per heavy atom. The van der Waals surface area contributed by atoms with Gasteiger partial charge in [0.1, 0.15) is 0 Å². The van der Waals surface area contributed by atoms with Crippen molar-refractivity contribution in [3.8, 4) is 0 Å². The highest BCUT2D eigenvalue weighted by Gasteiger charge is 2.26. The van der Waals surface area contributed by atoms with Crippen LogP contribution in [-0.4, -0.2) is 24.4 Å². The summed E-state index contributed by atoms with van der Waals surface area (Å²) in [6, 6.07) is 6.25. The van der Waals surface area contributed by atoms with Crippen molar-refractivity contribution in [2.75, 3.05) is 11.4 Å². The molecule has 5 heteroatoms. The third kappa shape index (κ3) is 2.29. The van der Waals surface area contributed by atoms with E-state index < -0.39 is 11.9 Å². The molecule has 2 amide bonds. The van der Waals surface area contributed by atoms with Crippen molar-refractivity contribution in [1.29, 1.82) is 0 Å². The lowest BCUT2D eigenvalue weighted by molar-refractivity contribution is -0.120. The van der Waals surface area contributed by atoms with Gasteiger partial charge in [0, 0.05) is 17.8 Å². The van der Waals surface area contributed by atoms with Crippen molar-refractivity contribution in [2.45, 2.75) is 18.9 Å². The summed E-state index contributed by atoms with van der Waals surface area (Å²) < 4.78 is 0. The first-order valence-corrected chi connectivity index (χ1v) is 5.56. The maximum atomic E-state index is 11.9. The normalized spacial score (nSPS) is 20.4. The summed E-state index contributed by atoms with van der Waals surface area (Å²) in [5.74, 6) is -0.540. The molecule has 90 valence electrons. The Hall–Kier alpha value is -1.88. The summed E-state index contributed by atoms with van der Waals surface area (Å²) in [6.45, 7) is 0.669. The van der Waals surface area contributed by atoms with Crippen LogP contribution in [0.3, 0.4) is 0 Å². The van der Waals surface area contributed by atoms with Crippen molar-refractivity contribution in [1.82, 2.24) is 0 Å². The molecule has 1 fully saturated rings. The minimum Gasteiger partial charge on any atom is -0.366 e. The van der Waals surface area contributed by atoms with Crippen molar-refractivity contribution >= 4 is 17.5 Å². The second kappa shape index (κ2) is 4.55. The van der Waals surface area contributed by atoms with Crippen LogP contribution in [0.4, 0.5) is 5.69 Å². The van der Waals surface area contributed by atoms with Crippen LogP contribution in [0.5, 0.6) is 0 Å². The number of nitrogens with two attached hydrogens (primary N) is 2. The van der Waals surface area contributed by atoms with Crippen LogP contribution < -0.4 is 16.4 Å². The van der Waals surface area contributed by atoms with E-state index in [-0.39, 0.29) is 5.91 Å². The van der Waals surface area contributed by atoms with E-state index in [0.29, 0.717) is 12.1 Å². The van der Waals surface area contributed by atoms with Gasteiger partial charge in [-0.3, -0.25) is 9.59 Å². The average Bonchev–Trinajstić information content (AvgIpc) is 2.33. The van der Waals surface area contributed by atoms with E-state index in [4.69, 9.17) is 11.5 Å². The zero-order chi connectivity index (χ0) is 12.4. The number of amides is 2. The molecule has 4 N–H and O–H groups in total. The van der Waals surface area contributed by atoms with Gasteiger partial charge >= 0.3 is 0 Å². The number of carbonyl (C=O) groups excluding carboxylic acids is 2. The number of primary amides is 1.